The van der Waals surface area contributed by atoms with E-state index in [0.717, 1.165) is 107 Å². The third-order valence-electron chi connectivity index (χ3n) is 11.6. The Bertz CT molecular complexity index is 3470. The number of fused-ring (bicyclic) bond motifs is 8. The third-order valence-corrected chi connectivity index (χ3v) is 11.6. The predicted octanol–water partition coefficient (Wildman–Crippen LogP) is 13.9. The summed E-state index contributed by atoms with van der Waals surface area (Å²) in [5, 5.41) is 7.73. The molecular formula is C53H33N3O2. The van der Waals surface area contributed by atoms with Gasteiger partial charge in [0.15, 0.2) is 17.5 Å². The molecule has 12 rings (SSSR count). The highest BCUT2D eigenvalue weighted by atomic mass is 16.3. The Kier molecular flexibility index (Phi) is 7.29. The number of rotatable bonds is 5. The Morgan fingerprint density at radius 1 is 0.397 bits per heavy atom. The number of aryl methyl sites for hydroxylation is 1. The molecule has 58 heavy (non-hydrogen) atoms. The molecule has 5 nitrogen and oxygen atoms in total. The number of benzene rings is 8. The highest BCUT2D eigenvalue weighted by Crippen LogP contribution is 2.43. The zero-order valence-electron chi connectivity index (χ0n) is 31.3. The average molecular weight is 744 g/mol. The second-order valence-electron chi connectivity index (χ2n) is 15.0. The molecule has 0 aliphatic heterocycles. The van der Waals surface area contributed by atoms with Crippen molar-refractivity contribution in [2.45, 2.75) is 12.8 Å². The lowest BCUT2D eigenvalue weighted by atomic mass is 9.91. The van der Waals surface area contributed by atoms with Gasteiger partial charge >= 0.3 is 0 Å². The van der Waals surface area contributed by atoms with Gasteiger partial charge in [0, 0.05) is 44.8 Å². The number of nitrogens with zero attached hydrogens (tertiary/aromatic N) is 3. The summed E-state index contributed by atoms with van der Waals surface area (Å²) in [6.45, 7) is 0. The monoisotopic (exact) mass is 743 g/mol. The minimum atomic E-state index is 0.621. The molecule has 0 bridgehead atoms. The van der Waals surface area contributed by atoms with Crippen LogP contribution in [0.1, 0.15) is 23.6 Å². The van der Waals surface area contributed by atoms with Crippen molar-refractivity contribution in [3.63, 3.8) is 0 Å². The van der Waals surface area contributed by atoms with E-state index < -0.39 is 0 Å². The van der Waals surface area contributed by atoms with Gasteiger partial charge in [-0.3, -0.25) is 0 Å². The number of aromatic nitrogens is 3. The van der Waals surface area contributed by atoms with Crippen molar-refractivity contribution in [1.82, 2.24) is 15.0 Å². The van der Waals surface area contributed by atoms with Gasteiger partial charge in [0.1, 0.15) is 22.5 Å². The summed E-state index contributed by atoms with van der Waals surface area (Å²) in [5.74, 6) is 2.86. The third kappa shape index (κ3) is 5.21. The molecule has 3 heterocycles. The first kappa shape index (κ1) is 32.6. The molecule has 8 aromatic carbocycles. The van der Waals surface area contributed by atoms with E-state index in [1.165, 1.54) is 10.9 Å². The van der Waals surface area contributed by atoms with Crippen LogP contribution in [-0.2, 0) is 6.42 Å². The lowest BCUT2D eigenvalue weighted by Gasteiger charge is -2.16. The molecule has 0 spiro atoms. The quantitative estimate of drug-likeness (QED) is 0.176. The number of allylic oxidation sites excluding steroid dienone is 1. The van der Waals surface area contributed by atoms with Crippen LogP contribution in [0.25, 0.3) is 105 Å². The molecular weight excluding hydrogens is 711 g/mol. The lowest BCUT2D eigenvalue weighted by Crippen LogP contribution is -2.07. The number of para-hydroxylation sites is 1. The number of hydrogen-bond acceptors (Lipinski definition) is 5. The molecule has 3 aromatic heterocycles. The van der Waals surface area contributed by atoms with Crippen LogP contribution < -0.4 is 0 Å². The van der Waals surface area contributed by atoms with Gasteiger partial charge in [-0.2, -0.15) is 0 Å². The van der Waals surface area contributed by atoms with Gasteiger partial charge in [-0.15, -0.1) is 0 Å². The second kappa shape index (κ2) is 13.0. The standard InChI is InChI=1S/C53H33N3O2/c1-2-12-32(13-3-1)35-26-29-46-44(31-35)49-40(19-10-22-47(49)58-46)39-27-28-41(38-17-7-6-16-37(38)39)52-54-51(36-25-24-33-14-4-5-15-34(33)30-36)55-53(56-52)43-20-11-23-48-50(43)42-18-8-9-21-45(42)57-48/h1-10,12-22,24-31H,11,23H2. The smallest absolute Gasteiger partial charge is 0.164 e. The van der Waals surface area contributed by atoms with Gasteiger partial charge in [0.2, 0.25) is 0 Å². The molecule has 0 saturated heterocycles. The Balaban J connectivity index is 1.07. The van der Waals surface area contributed by atoms with Gasteiger partial charge in [-0.1, -0.05) is 140 Å². The van der Waals surface area contributed by atoms with E-state index in [9.17, 15) is 0 Å². The zero-order chi connectivity index (χ0) is 38.2. The van der Waals surface area contributed by atoms with Gasteiger partial charge in [-0.05, 0) is 86.6 Å². The molecule has 0 saturated carbocycles. The van der Waals surface area contributed by atoms with Crippen LogP contribution in [0.4, 0.5) is 0 Å². The fourth-order valence-electron chi connectivity index (χ4n) is 8.88. The van der Waals surface area contributed by atoms with Crippen LogP contribution in [0.5, 0.6) is 0 Å². The first-order chi connectivity index (χ1) is 28.7. The highest BCUT2D eigenvalue weighted by Gasteiger charge is 2.26. The first-order valence-corrected chi connectivity index (χ1v) is 19.7. The predicted molar refractivity (Wildman–Crippen MR) is 235 cm³/mol. The zero-order valence-corrected chi connectivity index (χ0v) is 31.3. The maximum atomic E-state index is 6.47. The van der Waals surface area contributed by atoms with Crippen molar-refractivity contribution in [2.24, 2.45) is 0 Å². The van der Waals surface area contributed by atoms with Crippen LogP contribution in [-0.4, -0.2) is 15.0 Å². The molecule has 0 radical (unpaired) electrons. The maximum Gasteiger partial charge on any atom is 0.164 e. The number of hydrogen-bond donors (Lipinski definition) is 0. The summed E-state index contributed by atoms with van der Waals surface area (Å²) in [6, 6.07) is 59.4. The number of furan rings is 2. The maximum absolute atomic E-state index is 6.47. The van der Waals surface area contributed by atoms with E-state index in [-0.39, 0.29) is 0 Å². The summed E-state index contributed by atoms with van der Waals surface area (Å²) < 4.78 is 12.9. The molecule has 0 atom stereocenters. The molecule has 272 valence electrons. The lowest BCUT2D eigenvalue weighted by molar-refractivity contribution is 0.545. The van der Waals surface area contributed by atoms with Gasteiger partial charge in [-0.25, -0.2) is 15.0 Å². The Morgan fingerprint density at radius 2 is 1.09 bits per heavy atom. The minimum absolute atomic E-state index is 0.621. The molecule has 5 heteroatoms. The normalized spacial score (nSPS) is 12.8. The minimum Gasteiger partial charge on any atom is -0.460 e. The fraction of sp³-hybridized carbons (Fsp3) is 0.0377. The average Bonchev–Trinajstić information content (AvgIpc) is 3.87. The van der Waals surface area contributed by atoms with Crippen molar-refractivity contribution in [3.05, 3.63) is 193 Å². The van der Waals surface area contributed by atoms with E-state index in [1.807, 2.05) is 12.1 Å². The van der Waals surface area contributed by atoms with E-state index in [1.54, 1.807) is 0 Å². The fourth-order valence-corrected chi connectivity index (χ4v) is 8.88. The highest BCUT2D eigenvalue weighted by molar-refractivity contribution is 6.17. The van der Waals surface area contributed by atoms with Crippen LogP contribution in [0.15, 0.2) is 185 Å². The van der Waals surface area contributed by atoms with Gasteiger partial charge < -0.3 is 8.83 Å². The summed E-state index contributed by atoms with van der Waals surface area (Å²) in [7, 11) is 0. The van der Waals surface area contributed by atoms with Crippen LogP contribution >= 0.6 is 0 Å². The molecule has 0 fully saturated rings. The molecule has 11 aromatic rings. The first-order valence-electron chi connectivity index (χ1n) is 19.7. The van der Waals surface area contributed by atoms with Crippen molar-refractivity contribution in [2.75, 3.05) is 0 Å². The Morgan fingerprint density at radius 3 is 1.98 bits per heavy atom. The second-order valence-corrected chi connectivity index (χ2v) is 15.0. The summed E-state index contributed by atoms with van der Waals surface area (Å²) in [5.41, 5.74) is 11.1. The van der Waals surface area contributed by atoms with Crippen LogP contribution in [0, 0.1) is 0 Å². The van der Waals surface area contributed by atoms with Crippen molar-refractivity contribution >= 4 is 60.0 Å². The Labute approximate surface area is 333 Å². The summed E-state index contributed by atoms with van der Waals surface area (Å²) in [4.78, 5) is 15.8. The largest absolute Gasteiger partial charge is 0.460 e. The topological polar surface area (TPSA) is 65.0 Å². The van der Waals surface area contributed by atoms with Gasteiger partial charge in [0.25, 0.3) is 0 Å². The van der Waals surface area contributed by atoms with Crippen molar-refractivity contribution in [3.8, 4) is 45.0 Å². The molecule has 1 aliphatic rings. The molecule has 0 unspecified atom stereocenters. The molecule has 0 amide bonds. The summed E-state index contributed by atoms with van der Waals surface area (Å²) >= 11 is 0. The molecule has 0 N–H and O–H groups in total. The van der Waals surface area contributed by atoms with E-state index in [4.69, 9.17) is 23.8 Å². The molecule has 1 aliphatic carbocycles. The van der Waals surface area contributed by atoms with Crippen molar-refractivity contribution < 1.29 is 8.83 Å². The van der Waals surface area contributed by atoms with E-state index in [0.29, 0.717) is 17.5 Å². The Hall–Kier alpha value is -7.63. The van der Waals surface area contributed by atoms with E-state index >= 15 is 0 Å². The SMILES string of the molecule is C1=C(c2nc(-c3ccc4ccccc4c3)nc(-c3ccc(-c4cccc5oc6ccc(-c7ccccc7)cc6c45)c4ccccc34)n2)c2c(oc3ccccc23)CC1. The van der Waals surface area contributed by atoms with Crippen LogP contribution in [0.2, 0.25) is 0 Å². The van der Waals surface area contributed by atoms with Crippen LogP contribution in [0.3, 0.4) is 0 Å². The van der Waals surface area contributed by atoms with Crippen molar-refractivity contribution in [1.29, 1.82) is 0 Å². The summed E-state index contributed by atoms with van der Waals surface area (Å²) in [6.07, 6.45) is 3.93. The van der Waals surface area contributed by atoms with Gasteiger partial charge in [0.05, 0.1) is 0 Å². The van der Waals surface area contributed by atoms with E-state index in [2.05, 4.69) is 164 Å².